The molecule has 0 aliphatic carbocycles. The minimum absolute atomic E-state index is 0.0906. The zero-order valence-electron chi connectivity index (χ0n) is 17.9. The summed E-state index contributed by atoms with van der Waals surface area (Å²) in [7, 11) is -7.40. The summed E-state index contributed by atoms with van der Waals surface area (Å²) in [6, 6.07) is 12.4. The summed E-state index contributed by atoms with van der Waals surface area (Å²) >= 11 is 1.62. The number of aromatic nitrogens is 1. The fraction of sp³-hybridized carbons (Fsp3) is 0.421. The van der Waals surface area contributed by atoms with Gasteiger partial charge in [0.15, 0.2) is 11.9 Å². The summed E-state index contributed by atoms with van der Waals surface area (Å²) in [5, 5.41) is 11.9. The van der Waals surface area contributed by atoms with Crippen molar-refractivity contribution in [2.45, 2.75) is 36.9 Å². The smallest absolute Gasteiger partial charge is 0.264 e. The van der Waals surface area contributed by atoms with Gasteiger partial charge in [-0.2, -0.15) is 21.6 Å². The molecule has 0 saturated carbocycles. The summed E-state index contributed by atoms with van der Waals surface area (Å²) in [6.45, 7) is 3.48. The Morgan fingerprint density at radius 1 is 1.10 bits per heavy atom. The molecular weight excluding hydrogens is 466 g/mol. The largest absolute Gasteiger partial charge is 0.619 e. The Morgan fingerprint density at radius 3 is 2.10 bits per heavy atom. The van der Waals surface area contributed by atoms with Crippen molar-refractivity contribution in [3.8, 4) is 5.75 Å². The number of thioether (sulfide) groups is 1. The average molecular weight is 494 g/mol. The van der Waals surface area contributed by atoms with E-state index in [1.54, 1.807) is 43.8 Å². The molecular formula is C19H27NO8S3. The van der Waals surface area contributed by atoms with Crippen LogP contribution in [0.15, 0.2) is 53.6 Å². The van der Waals surface area contributed by atoms with Crippen LogP contribution in [0.25, 0.3) is 0 Å². The van der Waals surface area contributed by atoms with Crippen LogP contribution in [0, 0.1) is 5.21 Å². The molecule has 0 bridgehead atoms. The van der Waals surface area contributed by atoms with Gasteiger partial charge < -0.3 is 9.94 Å². The second kappa shape index (κ2) is 11.1. The molecule has 2 rings (SSSR count). The predicted molar refractivity (Wildman–Crippen MR) is 119 cm³/mol. The fourth-order valence-electron chi connectivity index (χ4n) is 2.43. The highest BCUT2D eigenvalue weighted by Gasteiger charge is 2.37. The Kier molecular flexibility index (Phi) is 9.76. The van der Waals surface area contributed by atoms with E-state index in [2.05, 4.69) is 0 Å². The third-order valence-corrected chi connectivity index (χ3v) is 5.13. The first-order valence-electron chi connectivity index (χ1n) is 8.91. The van der Waals surface area contributed by atoms with E-state index >= 15 is 0 Å². The molecule has 0 radical (unpaired) electrons. The predicted octanol–water partition coefficient (Wildman–Crippen LogP) is 2.29. The van der Waals surface area contributed by atoms with Crippen LogP contribution in [-0.4, -0.2) is 51.9 Å². The van der Waals surface area contributed by atoms with Crippen LogP contribution in [-0.2, 0) is 30.8 Å². The van der Waals surface area contributed by atoms with Crippen LogP contribution in [0.4, 0.5) is 0 Å². The van der Waals surface area contributed by atoms with Crippen molar-refractivity contribution in [1.82, 2.24) is 0 Å². The maximum absolute atomic E-state index is 11.9. The number of nitrogens with zero attached hydrogens (tertiary/aromatic N) is 1. The maximum Gasteiger partial charge on any atom is 0.264 e. The van der Waals surface area contributed by atoms with E-state index in [0.29, 0.717) is 22.4 Å². The Hall–Kier alpha value is -1.86. The van der Waals surface area contributed by atoms with Crippen LogP contribution in [0.1, 0.15) is 19.5 Å². The fourth-order valence-corrected chi connectivity index (χ4v) is 3.56. The third-order valence-electron chi connectivity index (χ3n) is 3.81. The minimum Gasteiger partial charge on any atom is -0.619 e. The molecule has 2 aromatic rings. The molecule has 0 aliphatic rings. The van der Waals surface area contributed by atoms with Gasteiger partial charge in [0, 0.05) is 17.0 Å². The molecule has 31 heavy (non-hydrogen) atoms. The van der Waals surface area contributed by atoms with E-state index in [1.165, 1.54) is 6.20 Å². The third kappa shape index (κ3) is 11.4. The van der Waals surface area contributed by atoms with E-state index in [-0.39, 0.29) is 6.42 Å². The Morgan fingerprint density at radius 2 is 1.65 bits per heavy atom. The van der Waals surface area contributed by atoms with E-state index in [1.807, 2.05) is 30.5 Å². The van der Waals surface area contributed by atoms with Gasteiger partial charge in [0.2, 0.25) is 0 Å². The molecule has 1 aromatic carbocycles. The lowest BCUT2D eigenvalue weighted by Gasteiger charge is -2.33. The first kappa shape index (κ1) is 27.2. The lowest BCUT2D eigenvalue weighted by Crippen LogP contribution is -2.48. The van der Waals surface area contributed by atoms with Gasteiger partial charge >= 0.3 is 0 Å². The topological polar surface area (TPSA) is 134 Å². The van der Waals surface area contributed by atoms with Crippen molar-refractivity contribution < 1.29 is 35.0 Å². The van der Waals surface area contributed by atoms with Gasteiger partial charge in [-0.15, -0.1) is 11.8 Å². The van der Waals surface area contributed by atoms with Gasteiger partial charge in [-0.3, -0.25) is 8.74 Å². The van der Waals surface area contributed by atoms with Gasteiger partial charge in [-0.1, -0.05) is 6.07 Å². The van der Waals surface area contributed by atoms with E-state index in [0.717, 1.165) is 11.2 Å². The van der Waals surface area contributed by atoms with Gasteiger partial charge in [0.05, 0.1) is 18.9 Å². The second-order valence-electron chi connectivity index (χ2n) is 7.12. The zero-order valence-corrected chi connectivity index (χ0v) is 20.3. The summed E-state index contributed by atoms with van der Waals surface area (Å²) in [5.74, 6) is 0.595. The summed E-state index contributed by atoms with van der Waals surface area (Å²) in [5.41, 5.74) is -0.595. The number of rotatable bonds is 8. The van der Waals surface area contributed by atoms with Gasteiger partial charge in [0.25, 0.3) is 20.2 Å². The molecule has 1 heterocycles. The molecule has 1 atom stereocenters. The second-order valence-corrected chi connectivity index (χ2v) is 11.1. The van der Waals surface area contributed by atoms with Crippen molar-refractivity contribution in [1.29, 1.82) is 0 Å². The molecule has 0 fully saturated rings. The van der Waals surface area contributed by atoms with E-state index in [9.17, 15) is 22.0 Å². The van der Waals surface area contributed by atoms with Crippen molar-refractivity contribution in [3.05, 3.63) is 59.6 Å². The molecule has 1 unspecified atom stereocenters. The van der Waals surface area contributed by atoms with Crippen LogP contribution in [0.5, 0.6) is 5.75 Å². The standard InChI is InChI=1S/C18H23NO5S2.CH4O3S/c1-18(2,23-15-8-10-16(25-3)11-9-15)17(24-26(4,21)22)13-14-7-5-6-12-19(14)20;1-5(2,3)4/h5-12,17H,13H2,1-4H3;1H3,(H,2,3,4). The summed E-state index contributed by atoms with van der Waals surface area (Å²) in [6.07, 6.45) is 4.26. The van der Waals surface area contributed by atoms with Crippen LogP contribution >= 0.6 is 11.8 Å². The summed E-state index contributed by atoms with van der Waals surface area (Å²) in [4.78, 5) is 1.09. The maximum atomic E-state index is 11.9. The van der Waals surface area contributed by atoms with Gasteiger partial charge in [-0.25, -0.2) is 0 Å². The highest BCUT2D eigenvalue weighted by Crippen LogP contribution is 2.27. The Labute approximate surface area is 187 Å². The molecule has 1 aromatic heterocycles. The first-order valence-corrected chi connectivity index (χ1v) is 13.8. The van der Waals surface area contributed by atoms with Crippen molar-refractivity contribution in [2.75, 3.05) is 18.8 Å². The SMILES string of the molecule is CS(=O)(=O)O.CSc1ccc(OC(C)(C)C(Cc2cccc[n+]2[O-])OS(C)(=O)=O)cc1. The highest BCUT2D eigenvalue weighted by atomic mass is 32.2. The van der Waals surface area contributed by atoms with E-state index < -0.39 is 31.9 Å². The van der Waals surface area contributed by atoms with Gasteiger partial charge in [-0.05, 0) is 44.4 Å². The van der Waals surface area contributed by atoms with Crippen molar-refractivity contribution in [2.24, 2.45) is 0 Å². The first-order chi connectivity index (χ1) is 14.1. The zero-order chi connectivity index (χ0) is 23.9. The molecule has 0 amide bonds. The van der Waals surface area contributed by atoms with Crippen LogP contribution in [0.2, 0.25) is 0 Å². The monoisotopic (exact) mass is 493 g/mol. The number of pyridine rings is 1. The minimum atomic E-state index is -3.74. The Balaban J connectivity index is 0.000000861. The average Bonchev–Trinajstić information content (AvgIpc) is 2.61. The molecule has 9 nitrogen and oxygen atoms in total. The number of hydrogen-bond donors (Lipinski definition) is 1. The summed E-state index contributed by atoms with van der Waals surface area (Å²) < 4.78 is 61.3. The normalized spacial score (nSPS) is 13.1. The van der Waals surface area contributed by atoms with Crippen molar-refractivity contribution >= 4 is 32.0 Å². The molecule has 0 spiro atoms. The molecule has 12 heteroatoms. The Bertz CT molecular complexity index is 1040. The molecule has 174 valence electrons. The van der Waals surface area contributed by atoms with Gasteiger partial charge in [0.1, 0.15) is 17.5 Å². The quantitative estimate of drug-likeness (QED) is 0.193. The lowest BCUT2D eigenvalue weighted by molar-refractivity contribution is -0.614. The van der Waals surface area contributed by atoms with Crippen molar-refractivity contribution in [3.63, 3.8) is 0 Å². The number of hydrogen-bond acceptors (Lipinski definition) is 8. The molecule has 1 N–H and O–H groups in total. The highest BCUT2D eigenvalue weighted by molar-refractivity contribution is 7.98. The number of benzene rings is 1. The lowest BCUT2D eigenvalue weighted by atomic mass is 9.96. The number of ether oxygens (including phenoxy) is 1. The van der Waals surface area contributed by atoms with E-state index in [4.69, 9.17) is 13.5 Å². The molecule has 0 saturated heterocycles. The van der Waals surface area contributed by atoms with Crippen LogP contribution in [0.3, 0.4) is 0 Å². The van der Waals surface area contributed by atoms with Crippen LogP contribution < -0.4 is 9.47 Å². The molecule has 0 aliphatic heterocycles.